The SMILES string of the molecule is CCOc1cc(C=C2SC(=Nc3ccccc3Cl)NC2=O)ccc1OCC(=O)O. The fourth-order valence-electron chi connectivity index (χ4n) is 2.43. The largest absolute Gasteiger partial charge is 0.490 e. The van der Waals surface area contributed by atoms with Gasteiger partial charge >= 0.3 is 5.97 Å². The van der Waals surface area contributed by atoms with E-state index in [4.69, 9.17) is 26.2 Å². The van der Waals surface area contributed by atoms with Crippen molar-refractivity contribution in [3.63, 3.8) is 0 Å². The number of thioether (sulfide) groups is 1. The van der Waals surface area contributed by atoms with Crippen LogP contribution in [0.1, 0.15) is 12.5 Å². The van der Waals surface area contributed by atoms with E-state index in [1.807, 2.05) is 13.0 Å². The summed E-state index contributed by atoms with van der Waals surface area (Å²) in [5.74, 6) is -0.634. The highest BCUT2D eigenvalue weighted by atomic mass is 35.5. The van der Waals surface area contributed by atoms with Gasteiger partial charge in [0.1, 0.15) is 0 Å². The predicted molar refractivity (Wildman–Crippen MR) is 113 cm³/mol. The Morgan fingerprint density at radius 1 is 1.24 bits per heavy atom. The number of carboxylic acid groups (broad SMARTS) is 1. The van der Waals surface area contributed by atoms with Crippen molar-refractivity contribution in [2.75, 3.05) is 13.2 Å². The molecule has 29 heavy (non-hydrogen) atoms. The van der Waals surface area contributed by atoms with Gasteiger partial charge in [-0.2, -0.15) is 0 Å². The molecule has 0 aromatic heterocycles. The maximum Gasteiger partial charge on any atom is 0.341 e. The van der Waals surface area contributed by atoms with Crippen LogP contribution in [0.15, 0.2) is 52.4 Å². The number of nitrogens with zero attached hydrogens (tertiary/aromatic N) is 1. The summed E-state index contributed by atoms with van der Waals surface area (Å²) in [7, 11) is 0. The average molecular weight is 433 g/mol. The van der Waals surface area contributed by atoms with Crippen molar-refractivity contribution >= 4 is 52.2 Å². The monoisotopic (exact) mass is 432 g/mol. The van der Waals surface area contributed by atoms with E-state index >= 15 is 0 Å². The number of hydrogen-bond acceptors (Lipinski definition) is 6. The molecule has 0 spiro atoms. The molecule has 0 aliphatic carbocycles. The Morgan fingerprint density at radius 3 is 2.76 bits per heavy atom. The van der Waals surface area contributed by atoms with Crippen molar-refractivity contribution in [1.82, 2.24) is 5.32 Å². The van der Waals surface area contributed by atoms with E-state index in [9.17, 15) is 9.59 Å². The Hall–Kier alpha value is -2.97. The normalized spacial score (nSPS) is 16.1. The molecule has 1 aliphatic rings. The van der Waals surface area contributed by atoms with Crippen LogP contribution in [0.4, 0.5) is 5.69 Å². The number of benzene rings is 2. The molecule has 1 aliphatic heterocycles. The summed E-state index contributed by atoms with van der Waals surface area (Å²) in [4.78, 5) is 27.8. The summed E-state index contributed by atoms with van der Waals surface area (Å²) < 4.78 is 10.8. The lowest BCUT2D eigenvalue weighted by Gasteiger charge is -2.11. The topological polar surface area (TPSA) is 97.2 Å². The van der Waals surface area contributed by atoms with E-state index in [2.05, 4.69) is 10.3 Å². The quantitative estimate of drug-likeness (QED) is 0.639. The van der Waals surface area contributed by atoms with Crippen molar-refractivity contribution in [2.45, 2.75) is 6.92 Å². The van der Waals surface area contributed by atoms with Gasteiger partial charge in [0, 0.05) is 0 Å². The number of hydrogen-bond donors (Lipinski definition) is 2. The summed E-state index contributed by atoms with van der Waals surface area (Å²) in [5, 5.41) is 12.4. The van der Waals surface area contributed by atoms with Crippen LogP contribution >= 0.6 is 23.4 Å². The number of para-hydroxylation sites is 1. The zero-order valence-electron chi connectivity index (χ0n) is 15.3. The summed E-state index contributed by atoms with van der Waals surface area (Å²) in [6, 6.07) is 12.1. The minimum atomic E-state index is -1.08. The molecule has 7 nitrogen and oxygen atoms in total. The molecule has 0 unspecified atom stereocenters. The van der Waals surface area contributed by atoms with Gasteiger partial charge < -0.3 is 19.9 Å². The van der Waals surface area contributed by atoms with Gasteiger partial charge in [0.2, 0.25) is 0 Å². The maximum atomic E-state index is 12.3. The van der Waals surface area contributed by atoms with Gasteiger partial charge in [-0.3, -0.25) is 4.79 Å². The summed E-state index contributed by atoms with van der Waals surface area (Å²) in [6.07, 6.45) is 1.69. The average Bonchev–Trinajstić information content (AvgIpc) is 3.02. The van der Waals surface area contributed by atoms with Crippen LogP contribution in [-0.4, -0.2) is 35.4 Å². The molecule has 1 fully saturated rings. The first kappa shape index (κ1) is 20.8. The standard InChI is InChI=1S/C20H17ClN2O5S/c1-2-27-16-9-12(7-8-15(16)28-11-18(24)25)10-17-19(26)23-20(29-17)22-14-6-4-3-5-13(14)21/h3-10H,2,11H2,1H3,(H,24,25)(H,22,23,26). The van der Waals surface area contributed by atoms with Gasteiger partial charge in [-0.25, -0.2) is 9.79 Å². The lowest BCUT2D eigenvalue weighted by Crippen LogP contribution is -2.19. The third-order valence-electron chi connectivity index (χ3n) is 3.64. The molecule has 3 rings (SSSR count). The maximum absolute atomic E-state index is 12.3. The first-order valence-electron chi connectivity index (χ1n) is 8.62. The molecule has 2 aromatic carbocycles. The zero-order chi connectivity index (χ0) is 20.8. The molecule has 0 bridgehead atoms. The number of ether oxygens (including phenoxy) is 2. The van der Waals surface area contributed by atoms with Crippen molar-refractivity contribution in [3.05, 3.63) is 58.0 Å². The Bertz CT molecular complexity index is 1010. The summed E-state index contributed by atoms with van der Waals surface area (Å²) in [6.45, 7) is 1.72. The van der Waals surface area contributed by atoms with Crippen LogP contribution in [0.5, 0.6) is 11.5 Å². The fraction of sp³-hybridized carbons (Fsp3) is 0.150. The number of aliphatic carboxylic acids is 1. The van der Waals surface area contributed by atoms with Crippen LogP contribution < -0.4 is 14.8 Å². The number of amides is 1. The lowest BCUT2D eigenvalue weighted by molar-refractivity contribution is -0.139. The van der Waals surface area contributed by atoms with E-state index in [1.165, 1.54) is 11.8 Å². The third-order valence-corrected chi connectivity index (χ3v) is 4.87. The molecule has 0 radical (unpaired) electrons. The van der Waals surface area contributed by atoms with Crippen LogP contribution in [-0.2, 0) is 9.59 Å². The number of carboxylic acids is 1. The first-order chi connectivity index (χ1) is 14.0. The molecule has 0 saturated carbocycles. The number of rotatable bonds is 7. The number of halogens is 1. The molecular weight excluding hydrogens is 416 g/mol. The number of amidine groups is 1. The van der Waals surface area contributed by atoms with Crippen molar-refractivity contribution in [1.29, 1.82) is 0 Å². The van der Waals surface area contributed by atoms with Crippen molar-refractivity contribution in [3.8, 4) is 11.5 Å². The number of carbonyl (C=O) groups is 2. The number of aliphatic imine (C=N–C) groups is 1. The highest BCUT2D eigenvalue weighted by Crippen LogP contribution is 2.33. The smallest absolute Gasteiger partial charge is 0.341 e. The van der Waals surface area contributed by atoms with Gasteiger partial charge in [0.15, 0.2) is 23.3 Å². The number of carbonyl (C=O) groups excluding carboxylic acids is 1. The van der Waals surface area contributed by atoms with Crippen LogP contribution in [0, 0.1) is 0 Å². The van der Waals surface area contributed by atoms with E-state index in [0.29, 0.717) is 44.5 Å². The zero-order valence-corrected chi connectivity index (χ0v) is 16.9. The third kappa shape index (κ3) is 5.52. The minimum absolute atomic E-state index is 0.273. The molecule has 1 amide bonds. The van der Waals surface area contributed by atoms with Crippen LogP contribution in [0.3, 0.4) is 0 Å². The predicted octanol–water partition coefficient (Wildman–Crippen LogP) is 4.09. The highest BCUT2D eigenvalue weighted by molar-refractivity contribution is 8.18. The molecule has 9 heteroatoms. The number of nitrogens with one attached hydrogen (secondary N) is 1. The molecule has 2 N–H and O–H groups in total. The van der Waals surface area contributed by atoms with Gasteiger partial charge in [-0.1, -0.05) is 29.8 Å². The van der Waals surface area contributed by atoms with E-state index in [-0.39, 0.29) is 5.91 Å². The molecule has 1 heterocycles. The molecule has 0 atom stereocenters. The van der Waals surface area contributed by atoms with E-state index in [1.54, 1.807) is 42.5 Å². The molecule has 150 valence electrons. The fourth-order valence-corrected chi connectivity index (χ4v) is 3.44. The second-order valence-electron chi connectivity index (χ2n) is 5.75. The second kappa shape index (κ2) is 9.49. The molecule has 2 aromatic rings. The van der Waals surface area contributed by atoms with Gasteiger partial charge in [-0.15, -0.1) is 0 Å². The van der Waals surface area contributed by atoms with E-state index in [0.717, 1.165) is 0 Å². The van der Waals surface area contributed by atoms with Crippen LogP contribution in [0.2, 0.25) is 5.02 Å². The highest BCUT2D eigenvalue weighted by Gasteiger charge is 2.24. The van der Waals surface area contributed by atoms with Crippen LogP contribution in [0.25, 0.3) is 6.08 Å². The Kier molecular flexibility index (Phi) is 6.79. The Labute approximate surface area is 176 Å². The first-order valence-corrected chi connectivity index (χ1v) is 9.81. The Morgan fingerprint density at radius 2 is 2.03 bits per heavy atom. The molecule has 1 saturated heterocycles. The second-order valence-corrected chi connectivity index (χ2v) is 7.19. The van der Waals surface area contributed by atoms with Crippen molar-refractivity contribution < 1.29 is 24.2 Å². The lowest BCUT2D eigenvalue weighted by atomic mass is 10.2. The minimum Gasteiger partial charge on any atom is -0.490 e. The summed E-state index contributed by atoms with van der Waals surface area (Å²) in [5.41, 5.74) is 1.27. The molecular formula is C20H17ClN2O5S. The summed E-state index contributed by atoms with van der Waals surface area (Å²) >= 11 is 7.30. The Balaban J connectivity index is 1.82. The van der Waals surface area contributed by atoms with Crippen molar-refractivity contribution in [2.24, 2.45) is 4.99 Å². The van der Waals surface area contributed by atoms with Gasteiger partial charge in [-0.05, 0) is 54.6 Å². The van der Waals surface area contributed by atoms with E-state index < -0.39 is 12.6 Å². The van der Waals surface area contributed by atoms with Gasteiger partial charge in [0.05, 0.1) is 22.2 Å². The van der Waals surface area contributed by atoms with Gasteiger partial charge in [0.25, 0.3) is 5.91 Å².